The molecule has 1 fully saturated rings. The highest BCUT2D eigenvalue weighted by Crippen LogP contribution is 1.98. The predicted octanol–water partition coefficient (Wildman–Crippen LogP) is 0.714. The van der Waals surface area contributed by atoms with Crippen molar-refractivity contribution in [2.45, 2.75) is 19.8 Å². The highest BCUT2D eigenvalue weighted by Gasteiger charge is 2.20. The summed E-state index contributed by atoms with van der Waals surface area (Å²) in [5.41, 5.74) is 1.45. The second-order valence-corrected chi connectivity index (χ2v) is 5.84. The number of nitrogens with zero attached hydrogens (tertiary/aromatic N) is 1. The Balaban J connectivity index is 1.68. The third-order valence-electron chi connectivity index (χ3n) is 3.89. The molecule has 0 aromatic heterocycles. The highest BCUT2D eigenvalue weighted by molar-refractivity contribution is 7.80. The molecule has 0 amide bonds. The van der Waals surface area contributed by atoms with Gasteiger partial charge in [-0.15, -0.1) is 0 Å². The van der Waals surface area contributed by atoms with Crippen molar-refractivity contribution in [1.82, 2.24) is 10.2 Å². The molecule has 0 unspecified atom stereocenters. The Hall–Kier alpha value is -1.13. The smallest absolute Gasteiger partial charge is 0.169 e. The molecule has 1 aliphatic rings. The molecule has 2 rings (SSSR count). The summed E-state index contributed by atoms with van der Waals surface area (Å²) in [6.45, 7) is 8.94. The van der Waals surface area contributed by atoms with Gasteiger partial charge in [0.1, 0.15) is 0 Å². The molecule has 0 atom stereocenters. The summed E-state index contributed by atoms with van der Waals surface area (Å²) < 4.78 is 0. The Kier molecular flexibility index (Phi) is 6.27. The van der Waals surface area contributed by atoms with E-state index in [0.29, 0.717) is 0 Å². The SMILES string of the molecule is CCCNC(=S)N1CC[NH+](CCc2ccccc2)CC1. The van der Waals surface area contributed by atoms with E-state index in [-0.39, 0.29) is 0 Å². The lowest BCUT2D eigenvalue weighted by molar-refractivity contribution is -0.903. The molecule has 0 saturated carbocycles. The maximum atomic E-state index is 5.42. The topological polar surface area (TPSA) is 19.7 Å². The van der Waals surface area contributed by atoms with E-state index < -0.39 is 0 Å². The van der Waals surface area contributed by atoms with E-state index in [1.165, 1.54) is 31.6 Å². The van der Waals surface area contributed by atoms with Crippen molar-refractivity contribution in [2.24, 2.45) is 0 Å². The van der Waals surface area contributed by atoms with Gasteiger partial charge in [-0.1, -0.05) is 37.3 Å². The fraction of sp³-hybridized carbons (Fsp3) is 0.562. The van der Waals surface area contributed by atoms with Gasteiger partial charge in [-0.25, -0.2) is 0 Å². The fourth-order valence-electron chi connectivity index (χ4n) is 2.59. The Bertz CT molecular complexity index is 399. The van der Waals surface area contributed by atoms with E-state index >= 15 is 0 Å². The molecule has 3 nitrogen and oxygen atoms in total. The van der Waals surface area contributed by atoms with Crippen LogP contribution < -0.4 is 10.2 Å². The van der Waals surface area contributed by atoms with Crippen molar-refractivity contribution in [1.29, 1.82) is 0 Å². The number of hydrogen-bond acceptors (Lipinski definition) is 1. The van der Waals surface area contributed by atoms with Crippen molar-refractivity contribution in [3.8, 4) is 0 Å². The van der Waals surface area contributed by atoms with Gasteiger partial charge in [-0.2, -0.15) is 0 Å². The average Bonchev–Trinajstić information content (AvgIpc) is 2.52. The maximum Gasteiger partial charge on any atom is 0.169 e. The normalized spacial score (nSPS) is 16.1. The number of benzene rings is 1. The van der Waals surface area contributed by atoms with E-state index in [1.54, 1.807) is 4.90 Å². The van der Waals surface area contributed by atoms with Crippen molar-refractivity contribution in [3.05, 3.63) is 35.9 Å². The molecule has 1 aromatic carbocycles. The number of piperazine rings is 1. The number of hydrogen-bond donors (Lipinski definition) is 2. The van der Waals surface area contributed by atoms with Crippen molar-refractivity contribution in [2.75, 3.05) is 39.3 Å². The molecule has 20 heavy (non-hydrogen) atoms. The lowest BCUT2D eigenvalue weighted by atomic mass is 10.1. The van der Waals surface area contributed by atoms with Gasteiger partial charge in [0.15, 0.2) is 5.11 Å². The summed E-state index contributed by atoms with van der Waals surface area (Å²) in [6.07, 6.45) is 2.30. The summed E-state index contributed by atoms with van der Waals surface area (Å²) in [6, 6.07) is 10.8. The lowest BCUT2D eigenvalue weighted by Gasteiger charge is -2.33. The van der Waals surface area contributed by atoms with Crippen molar-refractivity contribution >= 4 is 17.3 Å². The molecular weight excluding hydrogens is 266 g/mol. The monoisotopic (exact) mass is 292 g/mol. The first-order valence-corrected chi connectivity index (χ1v) is 8.10. The third-order valence-corrected chi connectivity index (χ3v) is 4.30. The second-order valence-electron chi connectivity index (χ2n) is 5.45. The van der Waals surface area contributed by atoms with E-state index in [9.17, 15) is 0 Å². The Labute approximate surface area is 128 Å². The fourth-order valence-corrected chi connectivity index (χ4v) is 2.87. The largest absolute Gasteiger partial charge is 0.363 e. The van der Waals surface area contributed by atoms with Crippen LogP contribution >= 0.6 is 12.2 Å². The molecule has 1 aromatic rings. The maximum absolute atomic E-state index is 5.42. The second kappa shape index (κ2) is 8.22. The summed E-state index contributed by atoms with van der Waals surface area (Å²) >= 11 is 5.42. The van der Waals surface area contributed by atoms with Gasteiger partial charge in [0.05, 0.1) is 32.7 Å². The van der Waals surface area contributed by atoms with Crippen molar-refractivity contribution < 1.29 is 4.90 Å². The Morgan fingerprint density at radius 1 is 1.25 bits per heavy atom. The van der Waals surface area contributed by atoms with E-state index in [0.717, 1.165) is 31.2 Å². The van der Waals surface area contributed by atoms with Gasteiger partial charge in [0, 0.05) is 13.0 Å². The standard InChI is InChI=1S/C16H25N3S/c1-2-9-17-16(20)19-13-11-18(12-14-19)10-8-15-6-4-3-5-7-15/h3-7H,2,8-14H2,1H3,(H,17,20)/p+1. The summed E-state index contributed by atoms with van der Waals surface area (Å²) in [7, 11) is 0. The first kappa shape index (κ1) is 15.3. The molecule has 1 aliphatic heterocycles. The van der Waals surface area contributed by atoms with Crippen LogP contribution in [0.3, 0.4) is 0 Å². The van der Waals surface area contributed by atoms with Gasteiger partial charge in [0.2, 0.25) is 0 Å². The number of quaternary nitrogens is 1. The van der Waals surface area contributed by atoms with Crippen LogP contribution in [0.1, 0.15) is 18.9 Å². The molecule has 0 spiro atoms. The molecular formula is C16H26N3S+. The molecule has 110 valence electrons. The molecule has 4 heteroatoms. The lowest BCUT2D eigenvalue weighted by Crippen LogP contribution is -3.15. The van der Waals surface area contributed by atoms with E-state index in [2.05, 4.69) is 47.5 Å². The van der Waals surface area contributed by atoms with E-state index in [1.807, 2.05) is 0 Å². The molecule has 0 bridgehead atoms. The Morgan fingerprint density at radius 3 is 2.60 bits per heavy atom. The van der Waals surface area contributed by atoms with Crippen LogP contribution in [-0.4, -0.2) is 49.3 Å². The summed E-state index contributed by atoms with van der Waals surface area (Å²) in [5.74, 6) is 0. The van der Waals surface area contributed by atoms with E-state index in [4.69, 9.17) is 12.2 Å². The first-order chi connectivity index (χ1) is 9.79. The molecule has 2 N–H and O–H groups in total. The van der Waals surface area contributed by atoms with Gasteiger partial charge in [-0.3, -0.25) is 0 Å². The number of nitrogens with one attached hydrogen (secondary N) is 2. The minimum Gasteiger partial charge on any atom is -0.363 e. The summed E-state index contributed by atoms with van der Waals surface area (Å²) in [4.78, 5) is 4.01. The number of rotatable bonds is 5. The zero-order valence-electron chi connectivity index (χ0n) is 12.4. The summed E-state index contributed by atoms with van der Waals surface area (Å²) in [5, 5.41) is 4.26. The zero-order chi connectivity index (χ0) is 14.2. The first-order valence-electron chi connectivity index (χ1n) is 7.70. The van der Waals surface area contributed by atoms with Crippen LogP contribution in [0, 0.1) is 0 Å². The van der Waals surface area contributed by atoms with Gasteiger partial charge in [-0.05, 0) is 24.2 Å². The molecule has 0 aliphatic carbocycles. The van der Waals surface area contributed by atoms with Crippen LogP contribution in [0.15, 0.2) is 30.3 Å². The molecule has 0 radical (unpaired) electrons. The van der Waals surface area contributed by atoms with Gasteiger partial charge in [0.25, 0.3) is 0 Å². The van der Waals surface area contributed by atoms with Crippen molar-refractivity contribution in [3.63, 3.8) is 0 Å². The van der Waals surface area contributed by atoms with Gasteiger partial charge >= 0.3 is 0 Å². The minimum atomic E-state index is 0.939. The van der Waals surface area contributed by atoms with Crippen LogP contribution in [0.5, 0.6) is 0 Å². The third kappa shape index (κ3) is 4.76. The number of thiocarbonyl (C=S) groups is 1. The molecule has 1 heterocycles. The zero-order valence-corrected chi connectivity index (χ0v) is 13.2. The average molecular weight is 292 g/mol. The van der Waals surface area contributed by atoms with Crippen LogP contribution in [-0.2, 0) is 6.42 Å². The predicted molar refractivity (Wildman–Crippen MR) is 88.2 cm³/mol. The van der Waals surface area contributed by atoms with Crippen LogP contribution in [0.2, 0.25) is 0 Å². The van der Waals surface area contributed by atoms with Crippen LogP contribution in [0.25, 0.3) is 0 Å². The van der Waals surface area contributed by atoms with Crippen LogP contribution in [0.4, 0.5) is 0 Å². The van der Waals surface area contributed by atoms with Gasteiger partial charge < -0.3 is 15.1 Å². The minimum absolute atomic E-state index is 0.939. The Morgan fingerprint density at radius 2 is 1.95 bits per heavy atom. The quantitative estimate of drug-likeness (QED) is 0.780. The molecule has 1 saturated heterocycles. The highest BCUT2D eigenvalue weighted by atomic mass is 32.1.